The van der Waals surface area contributed by atoms with Gasteiger partial charge in [-0.15, -0.1) is 0 Å². The van der Waals surface area contributed by atoms with Gasteiger partial charge >= 0.3 is 0 Å². The fraction of sp³-hybridized carbons (Fsp3) is 0.462. The van der Waals surface area contributed by atoms with Gasteiger partial charge in [-0.2, -0.15) is 4.98 Å². The van der Waals surface area contributed by atoms with E-state index in [4.69, 9.17) is 9.26 Å². The molecule has 100 valence electrons. The van der Waals surface area contributed by atoms with E-state index < -0.39 is 0 Å². The van der Waals surface area contributed by atoms with Crippen molar-refractivity contribution in [2.24, 2.45) is 0 Å². The zero-order valence-electron chi connectivity index (χ0n) is 11.0. The molecule has 0 saturated carbocycles. The minimum Gasteiger partial charge on any atom is -0.363 e. The summed E-state index contributed by atoms with van der Waals surface area (Å²) in [4.78, 5) is 8.58. The van der Waals surface area contributed by atoms with Crippen molar-refractivity contribution in [2.45, 2.75) is 26.1 Å². The summed E-state index contributed by atoms with van der Waals surface area (Å²) in [7, 11) is 0. The van der Waals surface area contributed by atoms with Gasteiger partial charge in [0.2, 0.25) is 5.82 Å². The number of pyridine rings is 1. The third-order valence-electron chi connectivity index (χ3n) is 3.23. The molecular weight excluding hydrogens is 244 g/mol. The summed E-state index contributed by atoms with van der Waals surface area (Å²) in [5.74, 6) is 0.988. The average Bonchev–Trinajstić information content (AvgIpc) is 2.83. The van der Waals surface area contributed by atoms with Crippen LogP contribution in [-0.2, 0) is 11.3 Å². The predicted octanol–water partition coefficient (Wildman–Crippen LogP) is 1.32. The van der Waals surface area contributed by atoms with Crippen LogP contribution in [0.4, 0.5) is 0 Å². The summed E-state index contributed by atoms with van der Waals surface area (Å²) in [5.41, 5.74) is 1.65. The number of hydrogen-bond acceptors (Lipinski definition) is 6. The van der Waals surface area contributed by atoms with Gasteiger partial charge in [0.1, 0.15) is 12.3 Å². The highest BCUT2D eigenvalue weighted by molar-refractivity contribution is 5.52. The maximum Gasteiger partial charge on any atom is 0.253 e. The maximum atomic E-state index is 5.75. The monoisotopic (exact) mass is 260 g/mol. The third kappa shape index (κ3) is 2.50. The smallest absolute Gasteiger partial charge is 0.253 e. The van der Waals surface area contributed by atoms with Gasteiger partial charge in [0.15, 0.2) is 0 Å². The van der Waals surface area contributed by atoms with Crippen LogP contribution in [0, 0.1) is 6.92 Å². The van der Waals surface area contributed by atoms with Crippen molar-refractivity contribution in [3.63, 3.8) is 0 Å². The van der Waals surface area contributed by atoms with Crippen molar-refractivity contribution >= 4 is 0 Å². The van der Waals surface area contributed by atoms with Crippen molar-refractivity contribution in [1.82, 2.24) is 20.4 Å². The first kappa shape index (κ1) is 12.3. The Balaban J connectivity index is 1.71. The lowest BCUT2D eigenvalue weighted by atomic mass is 10.0. The van der Waals surface area contributed by atoms with Gasteiger partial charge in [0.05, 0.1) is 5.60 Å². The molecule has 0 aliphatic carbocycles. The van der Waals surface area contributed by atoms with E-state index in [0.717, 1.165) is 24.3 Å². The Hall–Kier alpha value is -1.79. The first-order valence-electron chi connectivity index (χ1n) is 6.26. The molecule has 6 nitrogen and oxygen atoms in total. The lowest BCUT2D eigenvalue weighted by molar-refractivity contribution is -0.0841. The van der Waals surface area contributed by atoms with Crippen LogP contribution in [-0.4, -0.2) is 33.8 Å². The van der Waals surface area contributed by atoms with E-state index >= 15 is 0 Å². The maximum absolute atomic E-state index is 5.75. The molecule has 19 heavy (non-hydrogen) atoms. The van der Waals surface area contributed by atoms with Crippen LogP contribution in [0.15, 0.2) is 22.9 Å². The molecule has 1 fully saturated rings. The van der Waals surface area contributed by atoms with Crippen molar-refractivity contribution in [1.29, 1.82) is 0 Å². The minimum absolute atomic E-state index is 0.116. The number of aromatic nitrogens is 3. The molecule has 0 amide bonds. The molecule has 1 aliphatic rings. The molecule has 3 heterocycles. The number of hydrogen-bond donors (Lipinski definition) is 1. The number of aryl methyl sites for hydroxylation is 1. The second-order valence-corrected chi connectivity index (χ2v) is 5.02. The summed E-state index contributed by atoms with van der Waals surface area (Å²) in [6.45, 7) is 6.07. The number of ether oxygens (including phenoxy) is 1. The first-order chi connectivity index (χ1) is 9.16. The highest BCUT2D eigenvalue weighted by Gasteiger charge is 2.33. The minimum atomic E-state index is -0.116. The van der Waals surface area contributed by atoms with E-state index in [-0.39, 0.29) is 5.60 Å². The summed E-state index contributed by atoms with van der Waals surface area (Å²) in [6, 6.07) is 3.85. The van der Waals surface area contributed by atoms with Gasteiger partial charge in [0, 0.05) is 19.3 Å². The number of rotatable bonds is 4. The lowest BCUT2D eigenvalue weighted by Gasteiger charge is -2.38. The van der Waals surface area contributed by atoms with E-state index in [1.165, 1.54) is 0 Å². The zero-order chi connectivity index (χ0) is 13.3. The molecule has 0 unspecified atom stereocenters. The Bertz CT molecular complexity index is 578. The largest absolute Gasteiger partial charge is 0.363 e. The fourth-order valence-corrected chi connectivity index (χ4v) is 1.94. The first-order valence-corrected chi connectivity index (χ1v) is 6.26. The lowest BCUT2D eigenvalue weighted by Crippen LogP contribution is -2.58. The molecule has 3 rings (SSSR count). The Labute approximate surface area is 111 Å². The van der Waals surface area contributed by atoms with E-state index in [0.29, 0.717) is 18.3 Å². The van der Waals surface area contributed by atoms with Crippen molar-refractivity contribution < 1.29 is 9.26 Å². The van der Waals surface area contributed by atoms with Crippen molar-refractivity contribution in [3.8, 4) is 11.5 Å². The molecule has 0 aromatic carbocycles. The van der Waals surface area contributed by atoms with E-state index in [1.54, 1.807) is 6.20 Å². The van der Waals surface area contributed by atoms with Gasteiger partial charge in [-0.3, -0.25) is 4.98 Å². The fourth-order valence-electron chi connectivity index (χ4n) is 1.94. The molecule has 1 saturated heterocycles. The van der Waals surface area contributed by atoms with Crippen LogP contribution in [0.3, 0.4) is 0 Å². The van der Waals surface area contributed by atoms with Gasteiger partial charge < -0.3 is 14.6 Å². The van der Waals surface area contributed by atoms with Crippen LogP contribution < -0.4 is 5.32 Å². The van der Waals surface area contributed by atoms with Gasteiger partial charge in [-0.05, 0) is 25.5 Å². The van der Waals surface area contributed by atoms with Crippen LogP contribution >= 0.6 is 0 Å². The molecular formula is C13H16N4O2. The predicted molar refractivity (Wildman–Crippen MR) is 68.3 cm³/mol. The Morgan fingerprint density at radius 3 is 3.00 bits per heavy atom. The molecule has 1 N–H and O–H groups in total. The van der Waals surface area contributed by atoms with E-state index in [2.05, 4.69) is 27.4 Å². The van der Waals surface area contributed by atoms with Gasteiger partial charge in [-0.1, -0.05) is 11.2 Å². The number of nitrogens with one attached hydrogen (secondary N) is 1. The summed E-state index contributed by atoms with van der Waals surface area (Å²) in [6.07, 6.45) is 1.72. The molecule has 2 aromatic heterocycles. The summed E-state index contributed by atoms with van der Waals surface area (Å²) >= 11 is 0. The molecule has 0 spiro atoms. The second kappa shape index (κ2) is 4.71. The normalized spacial score (nSPS) is 17.2. The van der Waals surface area contributed by atoms with Crippen molar-refractivity contribution in [3.05, 3.63) is 29.8 Å². The van der Waals surface area contributed by atoms with Gasteiger partial charge in [0.25, 0.3) is 5.89 Å². The van der Waals surface area contributed by atoms with Crippen LogP contribution in [0.25, 0.3) is 11.5 Å². The quantitative estimate of drug-likeness (QED) is 0.893. The van der Waals surface area contributed by atoms with Crippen molar-refractivity contribution in [2.75, 3.05) is 13.1 Å². The summed E-state index contributed by atoms with van der Waals surface area (Å²) < 4.78 is 10.9. The topological polar surface area (TPSA) is 73.1 Å². The van der Waals surface area contributed by atoms with E-state index in [1.807, 2.05) is 19.1 Å². The zero-order valence-corrected chi connectivity index (χ0v) is 11.0. The Morgan fingerprint density at radius 2 is 2.32 bits per heavy atom. The average molecular weight is 260 g/mol. The SMILES string of the molecule is Cc1cccnc1-c1noc(COC2(C)CNC2)n1. The molecule has 6 heteroatoms. The van der Waals surface area contributed by atoms with Crippen LogP contribution in [0.1, 0.15) is 18.4 Å². The molecule has 0 atom stereocenters. The highest BCUT2D eigenvalue weighted by atomic mass is 16.5. The van der Waals surface area contributed by atoms with Gasteiger partial charge in [-0.25, -0.2) is 0 Å². The second-order valence-electron chi connectivity index (χ2n) is 5.02. The number of nitrogens with zero attached hydrogens (tertiary/aromatic N) is 3. The molecule has 1 aliphatic heterocycles. The molecule has 0 bridgehead atoms. The standard InChI is InChI=1S/C13H16N4O2/c1-9-4-3-5-15-11(9)12-16-10(19-17-12)6-18-13(2)7-14-8-13/h3-5,14H,6-8H2,1-2H3. The Kier molecular flexibility index (Phi) is 3.04. The Morgan fingerprint density at radius 1 is 1.47 bits per heavy atom. The molecule has 0 radical (unpaired) electrons. The van der Waals surface area contributed by atoms with E-state index in [9.17, 15) is 0 Å². The third-order valence-corrected chi connectivity index (χ3v) is 3.23. The summed E-state index contributed by atoms with van der Waals surface area (Å²) in [5, 5.41) is 7.12. The highest BCUT2D eigenvalue weighted by Crippen LogP contribution is 2.20. The molecule has 2 aromatic rings. The van der Waals surface area contributed by atoms with Crippen LogP contribution in [0.5, 0.6) is 0 Å². The van der Waals surface area contributed by atoms with Crippen LogP contribution in [0.2, 0.25) is 0 Å².